The normalized spacial score (nSPS) is 20.6. The van der Waals surface area contributed by atoms with Crippen molar-refractivity contribution in [2.75, 3.05) is 5.73 Å². The molecule has 0 saturated heterocycles. The third-order valence-electron chi connectivity index (χ3n) is 3.98. The lowest BCUT2D eigenvalue weighted by Crippen LogP contribution is -2.51. The molecule has 0 spiro atoms. The predicted octanol–water partition coefficient (Wildman–Crippen LogP) is 1.17. The quantitative estimate of drug-likeness (QED) is 0.856. The van der Waals surface area contributed by atoms with Gasteiger partial charge in [-0.15, -0.1) is 0 Å². The van der Waals surface area contributed by atoms with Crippen LogP contribution in [0.2, 0.25) is 0 Å². The van der Waals surface area contributed by atoms with Crippen molar-refractivity contribution in [2.24, 2.45) is 5.92 Å². The lowest BCUT2D eigenvalue weighted by atomic mass is 9.93. The maximum atomic E-state index is 12.5. The van der Waals surface area contributed by atoms with Crippen molar-refractivity contribution in [1.82, 2.24) is 9.88 Å². The summed E-state index contributed by atoms with van der Waals surface area (Å²) >= 11 is 0. The largest absolute Gasteiger partial charge is 0.398 e. The molecule has 1 aliphatic carbocycles. The van der Waals surface area contributed by atoms with Gasteiger partial charge in [0.25, 0.3) is 5.91 Å². The van der Waals surface area contributed by atoms with E-state index >= 15 is 0 Å². The second-order valence-corrected chi connectivity index (χ2v) is 6.09. The van der Waals surface area contributed by atoms with E-state index < -0.39 is 5.60 Å². The van der Waals surface area contributed by atoms with Crippen molar-refractivity contribution in [1.29, 1.82) is 0 Å². The number of aromatic nitrogens is 1. The molecule has 5 heteroatoms. The molecule has 1 aromatic rings. The van der Waals surface area contributed by atoms with Gasteiger partial charge in [-0.1, -0.05) is 0 Å². The summed E-state index contributed by atoms with van der Waals surface area (Å²) in [7, 11) is 0. The minimum absolute atomic E-state index is 0.0976. The first-order chi connectivity index (χ1) is 8.89. The molecule has 2 heterocycles. The Hall–Kier alpha value is -1.62. The van der Waals surface area contributed by atoms with E-state index in [1.165, 1.54) is 0 Å². The SMILES string of the molecule is CC(C)(O)[C@H](C1CC1)N1Cc2nccc(N)c2C1=O. The molecule has 1 fully saturated rings. The van der Waals surface area contributed by atoms with Gasteiger partial charge >= 0.3 is 0 Å². The molecule has 1 aromatic heterocycles. The summed E-state index contributed by atoms with van der Waals surface area (Å²) in [6.07, 6.45) is 3.76. The highest BCUT2D eigenvalue weighted by Crippen LogP contribution is 2.43. The lowest BCUT2D eigenvalue weighted by molar-refractivity contribution is -0.0225. The highest BCUT2D eigenvalue weighted by atomic mass is 16.3. The molecule has 0 aromatic carbocycles. The van der Waals surface area contributed by atoms with Gasteiger partial charge in [0, 0.05) is 11.9 Å². The van der Waals surface area contributed by atoms with E-state index in [0.29, 0.717) is 23.7 Å². The van der Waals surface area contributed by atoms with Crippen molar-refractivity contribution in [3.05, 3.63) is 23.5 Å². The van der Waals surface area contributed by atoms with Crippen LogP contribution < -0.4 is 5.73 Å². The van der Waals surface area contributed by atoms with Crippen LogP contribution in [-0.4, -0.2) is 32.5 Å². The van der Waals surface area contributed by atoms with Crippen molar-refractivity contribution < 1.29 is 9.90 Å². The monoisotopic (exact) mass is 261 g/mol. The van der Waals surface area contributed by atoms with E-state index in [-0.39, 0.29) is 11.9 Å². The molecular formula is C14H19N3O2. The Balaban J connectivity index is 1.97. The summed E-state index contributed by atoms with van der Waals surface area (Å²) in [5.74, 6) is 0.291. The van der Waals surface area contributed by atoms with Crippen molar-refractivity contribution >= 4 is 11.6 Å². The first kappa shape index (κ1) is 12.4. The van der Waals surface area contributed by atoms with Crippen LogP contribution in [0.15, 0.2) is 12.3 Å². The standard InChI is InChI=1S/C14H19N3O2/c1-14(2,19)12(8-3-4-8)17-7-10-11(13(17)18)9(15)5-6-16-10/h5-6,8,12,19H,3-4,7H2,1-2H3,(H2,15,16)/t12-/m0/s1. The Morgan fingerprint density at radius 1 is 1.53 bits per heavy atom. The average molecular weight is 261 g/mol. The molecule has 1 amide bonds. The molecule has 19 heavy (non-hydrogen) atoms. The van der Waals surface area contributed by atoms with Crippen molar-refractivity contribution in [3.8, 4) is 0 Å². The van der Waals surface area contributed by atoms with Gasteiger partial charge in [0.05, 0.1) is 29.4 Å². The number of fused-ring (bicyclic) bond motifs is 1. The highest BCUT2D eigenvalue weighted by Gasteiger charge is 2.48. The number of nitrogens with zero attached hydrogens (tertiary/aromatic N) is 2. The van der Waals surface area contributed by atoms with E-state index in [1.54, 1.807) is 31.0 Å². The third kappa shape index (κ3) is 1.98. The van der Waals surface area contributed by atoms with Crippen LogP contribution in [0, 0.1) is 5.92 Å². The van der Waals surface area contributed by atoms with Crippen LogP contribution in [0.5, 0.6) is 0 Å². The van der Waals surface area contributed by atoms with Crippen LogP contribution in [0.4, 0.5) is 5.69 Å². The number of anilines is 1. The Kier molecular flexibility index (Phi) is 2.57. The van der Waals surface area contributed by atoms with Gasteiger partial charge in [0.15, 0.2) is 0 Å². The molecule has 5 nitrogen and oxygen atoms in total. The van der Waals surface area contributed by atoms with Gasteiger partial charge in [-0.2, -0.15) is 0 Å². The summed E-state index contributed by atoms with van der Waals surface area (Å²) < 4.78 is 0. The summed E-state index contributed by atoms with van der Waals surface area (Å²) in [5, 5.41) is 10.4. The molecule has 102 valence electrons. The fraction of sp³-hybridized carbons (Fsp3) is 0.571. The number of nitrogens with two attached hydrogens (primary N) is 1. The minimum Gasteiger partial charge on any atom is -0.398 e. The number of rotatable bonds is 3. The zero-order chi connectivity index (χ0) is 13.8. The molecule has 0 radical (unpaired) electrons. The van der Waals surface area contributed by atoms with Gasteiger partial charge < -0.3 is 15.7 Å². The number of aliphatic hydroxyl groups is 1. The molecule has 0 bridgehead atoms. The van der Waals surface area contributed by atoms with E-state index in [2.05, 4.69) is 4.98 Å². The van der Waals surface area contributed by atoms with Crippen molar-refractivity contribution in [2.45, 2.75) is 44.9 Å². The van der Waals surface area contributed by atoms with Crippen LogP contribution in [0.25, 0.3) is 0 Å². The number of nitrogen functional groups attached to an aromatic ring is 1. The minimum atomic E-state index is -0.909. The van der Waals surface area contributed by atoms with E-state index in [1.807, 2.05) is 0 Å². The maximum Gasteiger partial charge on any atom is 0.258 e. The highest BCUT2D eigenvalue weighted by molar-refractivity contribution is 6.02. The smallest absolute Gasteiger partial charge is 0.258 e. The summed E-state index contributed by atoms with van der Waals surface area (Å²) in [4.78, 5) is 18.5. The number of hydrogen-bond acceptors (Lipinski definition) is 4. The molecule has 1 saturated carbocycles. The third-order valence-corrected chi connectivity index (χ3v) is 3.98. The molecule has 1 aliphatic heterocycles. The van der Waals surface area contributed by atoms with E-state index in [4.69, 9.17) is 5.73 Å². The number of carbonyl (C=O) groups excluding carboxylic acids is 1. The zero-order valence-corrected chi connectivity index (χ0v) is 11.3. The molecule has 1 atom stereocenters. The van der Waals surface area contributed by atoms with Crippen LogP contribution in [-0.2, 0) is 6.54 Å². The van der Waals surface area contributed by atoms with Gasteiger partial charge in [0.2, 0.25) is 0 Å². The predicted molar refractivity (Wildman–Crippen MR) is 71.3 cm³/mol. The van der Waals surface area contributed by atoms with Gasteiger partial charge in [0.1, 0.15) is 0 Å². The maximum absolute atomic E-state index is 12.5. The fourth-order valence-corrected chi connectivity index (χ4v) is 3.11. The topological polar surface area (TPSA) is 79.4 Å². The van der Waals surface area contributed by atoms with Crippen molar-refractivity contribution in [3.63, 3.8) is 0 Å². The van der Waals surface area contributed by atoms with Gasteiger partial charge in [-0.25, -0.2) is 0 Å². The summed E-state index contributed by atoms with van der Waals surface area (Å²) in [5.41, 5.74) is 6.67. The average Bonchev–Trinajstić information content (AvgIpc) is 3.04. The van der Waals surface area contributed by atoms with Gasteiger partial charge in [-0.3, -0.25) is 9.78 Å². The Morgan fingerprint density at radius 2 is 2.21 bits per heavy atom. The lowest BCUT2D eigenvalue weighted by Gasteiger charge is -2.37. The first-order valence-corrected chi connectivity index (χ1v) is 6.66. The molecule has 0 unspecified atom stereocenters. The molecule has 2 aliphatic rings. The number of amides is 1. The van der Waals surface area contributed by atoms with E-state index in [9.17, 15) is 9.90 Å². The fourth-order valence-electron chi connectivity index (χ4n) is 3.11. The molecule has 3 rings (SSSR count). The first-order valence-electron chi connectivity index (χ1n) is 6.66. The number of hydrogen-bond donors (Lipinski definition) is 2. The van der Waals surface area contributed by atoms with Crippen LogP contribution in [0.3, 0.4) is 0 Å². The Morgan fingerprint density at radius 3 is 2.74 bits per heavy atom. The zero-order valence-electron chi connectivity index (χ0n) is 11.3. The Labute approximate surface area is 112 Å². The molecule has 3 N–H and O–H groups in total. The number of pyridine rings is 1. The van der Waals surface area contributed by atoms with Crippen LogP contribution >= 0.6 is 0 Å². The van der Waals surface area contributed by atoms with E-state index in [0.717, 1.165) is 18.5 Å². The summed E-state index contributed by atoms with van der Waals surface area (Å²) in [6.45, 7) is 3.98. The summed E-state index contributed by atoms with van der Waals surface area (Å²) in [6, 6.07) is 1.49. The van der Waals surface area contributed by atoms with Crippen LogP contribution in [0.1, 0.15) is 42.7 Å². The Bertz CT molecular complexity index is 532. The second-order valence-electron chi connectivity index (χ2n) is 6.09. The second kappa shape index (κ2) is 3.93. The van der Waals surface area contributed by atoms with Gasteiger partial charge in [-0.05, 0) is 38.7 Å². The molecular weight excluding hydrogens is 242 g/mol. The number of carbonyl (C=O) groups is 1.